The van der Waals surface area contributed by atoms with Gasteiger partial charge in [-0.2, -0.15) is 0 Å². The molecule has 184 valence electrons. The first kappa shape index (κ1) is 24.5. The van der Waals surface area contributed by atoms with E-state index in [2.05, 4.69) is 11.6 Å². The summed E-state index contributed by atoms with van der Waals surface area (Å²) in [5, 5.41) is 0. The molecule has 7 heteroatoms. The minimum Gasteiger partial charge on any atom is -0.493 e. The highest BCUT2D eigenvalue weighted by atomic mass is 16.5. The monoisotopic (exact) mass is 476 g/mol. The van der Waals surface area contributed by atoms with Crippen LogP contribution in [0, 0.1) is 6.92 Å². The van der Waals surface area contributed by atoms with Crippen molar-refractivity contribution in [2.75, 3.05) is 26.9 Å². The molecule has 4 rings (SSSR count). The van der Waals surface area contributed by atoms with E-state index in [-0.39, 0.29) is 18.4 Å². The van der Waals surface area contributed by atoms with Crippen LogP contribution in [0.15, 0.2) is 65.6 Å². The molecule has 1 unspecified atom stereocenters. The van der Waals surface area contributed by atoms with Crippen LogP contribution in [0.1, 0.15) is 29.9 Å². The molecule has 0 bridgehead atoms. The third kappa shape index (κ3) is 6.31. The van der Waals surface area contributed by atoms with Gasteiger partial charge in [0.1, 0.15) is 12.4 Å². The van der Waals surface area contributed by atoms with E-state index in [0.29, 0.717) is 48.5 Å². The zero-order valence-corrected chi connectivity index (χ0v) is 20.4. The minimum absolute atomic E-state index is 0.0255. The van der Waals surface area contributed by atoms with Gasteiger partial charge in [-0.1, -0.05) is 36.9 Å². The highest BCUT2D eigenvalue weighted by molar-refractivity contribution is 5.79. The molecule has 2 heterocycles. The Morgan fingerprint density at radius 3 is 2.77 bits per heavy atom. The van der Waals surface area contributed by atoms with Gasteiger partial charge in [0.05, 0.1) is 25.3 Å². The number of amides is 1. The number of methoxy groups -OCH3 is 1. The lowest BCUT2D eigenvalue weighted by Gasteiger charge is -2.26. The average molecular weight is 477 g/mol. The van der Waals surface area contributed by atoms with Gasteiger partial charge in [0.15, 0.2) is 11.5 Å². The standard InChI is InChI=1S/C28H32N2O5/c1-4-14-34-25-13-12-21(16-26(25)32-3)18-30(19-23-11-8-15-33-23)27(31)17-24-20(2)35-28(29-24)22-9-6-5-7-10-22/h4-7,9-10,12-13,16,23H,1,8,11,14-15,17-19H2,2-3H3. The number of nitrogens with zero attached hydrogens (tertiary/aromatic N) is 2. The van der Waals surface area contributed by atoms with E-state index in [0.717, 1.165) is 30.6 Å². The van der Waals surface area contributed by atoms with Crippen LogP contribution < -0.4 is 9.47 Å². The lowest BCUT2D eigenvalue weighted by Crippen LogP contribution is -2.38. The van der Waals surface area contributed by atoms with E-state index in [1.165, 1.54) is 0 Å². The predicted molar refractivity (Wildman–Crippen MR) is 133 cm³/mol. The molecule has 1 amide bonds. The predicted octanol–water partition coefficient (Wildman–Crippen LogP) is 4.97. The zero-order valence-electron chi connectivity index (χ0n) is 20.4. The van der Waals surface area contributed by atoms with Crippen molar-refractivity contribution in [3.63, 3.8) is 0 Å². The van der Waals surface area contributed by atoms with Crippen molar-refractivity contribution in [1.82, 2.24) is 9.88 Å². The maximum absolute atomic E-state index is 13.5. The highest BCUT2D eigenvalue weighted by Gasteiger charge is 2.25. The zero-order chi connectivity index (χ0) is 24.6. The molecule has 2 aromatic carbocycles. The summed E-state index contributed by atoms with van der Waals surface area (Å²) in [6.45, 7) is 7.61. The summed E-state index contributed by atoms with van der Waals surface area (Å²) in [5.74, 6) is 2.41. The number of rotatable bonds is 11. The van der Waals surface area contributed by atoms with E-state index in [1.54, 1.807) is 13.2 Å². The third-order valence-corrected chi connectivity index (χ3v) is 5.99. The molecular formula is C28H32N2O5. The minimum atomic E-state index is -0.0255. The number of carbonyl (C=O) groups excluding carboxylic acids is 1. The van der Waals surface area contributed by atoms with Crippen LogP contribution in [0.2, 0.25) is 0 Å². The Morgan fingerprint density at radius 1 is 1.23 bits per heavy atom. The van der Waals surface area contributed by atoms with Gasteiger partial charge in [0.2, 0.25) is 11.8 Å². The Bertz CT molecular complexity index is 1140. The summed E-state index contributed by atoms with van der Waals surface area (Å²) in [4.78, 5) is 19.9. The smallest absolute Gasteiger partial charge is 0.229 e. The van der Waals surface area contributed by atoms with Crippen LogP contribution >= 0.6 is 0 Å². The number of carbonyl (C=O) groups is 1. The van der Waals surface area contributed by atoms with E-state index >= 15 is 0 Å². The van der Waals surface area contributed by atoms with E-state index in [9.17, 15) is 4.79 Å². The van der Waals surface area contributed by atoms with Crippen molar-refractivity contribution >= 4 is 5.91 Å². The average Bonchev–Trinajstić information content (AvgIpc) is 3.53. The van der Waals surface area contributed by atoms with Crippen molar-refractivity contribution in [3.8, 4) is 23.0 Å². The second-order valence-electron chi connectivity index (χ2n) is 8.56. The fourth-order valence-electron chi connectivity index (χ4n) is 4.14. The molecule has 35 heavy (non-hydrogen) atoms. The van der Waals surface area contributed by atoms with Crippen molar-refractivity contribution in [2.24, 2.45) is 0 Å². The second-order valence-corrected chi connectivity index (χ2v) is 8.56. The highest BCUT2D eigenvalue weighted by Crippen LogP contribution is 2.29. The molecular weight excluding hydrogens is 444 g/mol. The lowest BCUT2D eigenvalue weighted by atomic mass is 10.1. The number of hydrogen-bond donors (Lipinski definition) is 0. The van der Waals surface area contributed by atoms with E-state index in [4.69, 9.17) is 18.6 Å². The first-order valence-corrected chi connectivity index (χ1v) is 11.9. The van der Waals surface area contributed by atoms with Gasteiger partial charge >= 0.3 is 0 Å². The maximum atomic E-state index is 13.5. The van der Waals surface area contributed by atoms with Crippen LogP contribution in [0.5, 0.6) is 11.5 Å². The number of benzene rings is 2. The van der Waals surface area contributed by atoms with E-state index < -0.39 is 0 Å². The molecule has 0 radical (unpaired) electrons. The summed E-state index contributed by atoms with van der Waals surface area (Å²) < 4.78 is 22.9. The second kappa shape index (κ2) is 11.7. The van der Waals surface area contributed by atoms with Crippen LogP contribution in [0.4, 0.5) is 0 Å². The molecule has 3 aromatic rings. The van der Waals surface area contributed by atoms with E-state index in [1.807, 2.05) is 60.4 Å². The van der Waals surface area contributed by atoms with Crippen molar-refractivity contribution in [2.45, 2.75) is 38.8 Å². The summed E-state index contributed by atoms with van der Waals surface area (Å²) in [6.07, 6.45) is 3.84. The molecule has 1 saturated heterocycles. The first-order valence-electron chi connectivity index (χ1n) is 11.9. The van der Waals surface area contributed by atoms with Crippen molar-refractivity contribution < 1.29 is 23.4 Å². The number of aryl methyl sites for hydroxylation is 1. The SMILES string of the molecule is C=CCOc1ccc(CN(CC2CCCO2)C(=O)Cc2nc(-c3ccccc3)oc2C)cc1OC. The molecule has 1 fully saturated rings. The molecule has 0 N–H and O–H groups in total. The van der Waals surface area contributed by atoms with Crippen LogP contribution in [0.25, 0.3) is 11.5 Å². The normalized spacial score (nSPS) is 15.1. The fourth-order valence-corrected chi connectivity index (χ4v) is 4.14. The third-order valence-electron chi connectivity index (χ3n) is 5.99. The Morgan fingerprint density at radius 2 is 2.06 bits per heavy atom. The van der Waals surface area contributed by atoms with Gasteiger partial charge in [-0.3, -0.25) is 4.79 Å². The molecule has 0 aliphatic carbocycles. The van der Waals surface area contributed by atoms with Gasteiger partial charge < -0.3 is 23.5 Å². The quantitative estimate of drug-likeness (QED) is 0.364. The number of aromatic nitrogens is 1. The fraction of sp³-hybridized carbons (Fsp3) is 0.357. The lowest BCUT2D eigenvalue weighted by molar-refractivity contribution is -0.132. The van der Waals surface area contributed by atoms with Crippen LogP contribution in [0.3, 0.4) is 0 Å². The van der Waals surface area contributed by atoms with Gasteiger partial charge in [-0.25, -0.2) is 4.98 Å². The molecule has 0 spiro atoms. The molecule has 1 aliphatic rings. The van der Waals surface area contributed by atoms with Crippen molar-refractivity contribution in [1.29, 1.82) is 0 Å². The Hall–Kier alpha value is -3.58. The first-order chi connectivity index (χ1) is 17.1. The maximum Gasteiger partial charge on any atom is 0.229 e. The van der Waals surface area contributed by atoms with Gasteiger partial charge in [-0.15, -0.1) is 0 Å². The summed E-state index contributed by atoms with van der Waals surface area (Å²) >= 11 is 0. The summed E-state index contributed by atoms with van der Waals surface area (Å²) in [6, 6.07) is 15.4. The van der Waals surface area contributed by atoms with Crippen LogP contribution in [-0.4, -0.2) is 48.8 Å². The largest absolute Gasteiger partial charge is 0.493 e. The summed E-state index contributed by atoms with van der Waals surface area (Å²) in [5.41, 5.74) is 2.48. The summed E-state index contributed by atoms with van der Waals surface area (Å²) in [7, 11) is 1.60. The van der Waals surface area contributed by atoms with Crippen molar-refractivity contribution in [3.05, 3.63) is 78.2 Å². The molecule has 1 atom stereocenters. The number of hydrogen-bond acceptors (Lipinski definition) is 6. The molecule has 1 aliphatic heterocycles. The van der Waals surface area contributed by atoms with Gasteiger partial charge in [0, 0.05) is 25.3 Å². The molecule has 0 saturated carbocycles. The molecule has 7 nitrogen and oxygen atoms in total. The Balaban J connectivity index is 1.52. The number of oxazole rings is 1. The Labute approximate surface area is 206 Å². The number of ether oxygens (including phenoxy) is 3. The van der Waals surface area contributed by atoms with Gasteiger partial charge in [-0.05, 0) is 49.6 Å². The Kier molecular flexibility index (Phi) is 8.21. The molecule has 1 aromatic heterocycles. The van der Waals surface area contributed by atoms with Crippen LogP contribution in [-0.2, 0) is 22.5 Å². The van der Waals surface area contributed by atoms with Gasteiger partial charge in [0.25, 0.3) is 0 Å². The topological polar surface area (TPSA) is 74.0 Å².